The summed E-state index contributed by atoms with van der Waals surface area (Å²) in [5.74, 6) is 0.410. The molecule has 1 aliphatic rings. The number of benzene rings is 1. The van der Waals surface area contributed by atoms with E-state index in [2.05, 4.69) is 21.2 Å². The number of hydrogen-bond acceptors (Lipinski definition) is 3. The van der Waals surface area contributed by atoms with Gasteiger partial charge in [-0.15, -0.1) is 0 Å². The molecule has 19 heavy (non-hydrogen) atoms. The number of aryl methyl sites for hydroxylation is 1. The van der Waals surface area contributed by atoms with Crippen LogP contribution < -0.4 is 5.32 Å². The van der Waals surface area contributed by atoms with Gasteiger partial charge in [0.1, 0.15) is 0 Å². The monoisotopic (exact) mass is 346 g/mol. The molecule has 0 aliphatic carbocycles. The number of sulfonamides is 1. The van der Waals surface area contributed by atoms with Crippen LogP contribution in [-0.2, 0) is 10.0 Å². The summed E-state index contributed by atoms with van der Waals surface area (Å²) in [6.07, 6.45) is 0.924. The molecule has 1 unspecified atom stereocenters. The smallest absolute Gasteiger partial charge is 0.243 e. The minimum atomic E-state index is -3.36. The predicted molar refractivity (Wildman–Crippen MR) is 79.7 cm³/mol. The number of halogens is 1. The predicted octanol–water partition coefficient (Wildman–Crippen LogP) is 1.99. The first kappa shape index (κ1) is 15.0. The van der Waals surface area contributed by atoms with E-state index in [-0.39, 0.29) is 0 Å². The van der Waals surface area contributed by atoms with Crippen molar-refractivity contribution < 1.29 is 8.42 Å². The minimum absolute atomic E-state index is 0.379. The molecule has 0 radical (unpaired) electrons. The normalized spacial score (nSPS) is 20.9. The van der Waals surface area contributed by atoms with Crippen molar-refractivity contribution in [3.05, 3.63) is 28.2 Å². The highest BCUT2D eigenvalue weighted by Gasteiger charge is 2.32. The summed E-state index contributed by atoms with van der Waals surface area (Å²) in [6, 6.07) is 5.31. The van der Waals surface area contributed by atoms with Gasteiger partial charge in [-0.1, -0.05) is 15.9 Å². The first-order valence-electron chi connectivity index (χ1n) is 6.35. The lowest BCUT2D eigenvalue weighted by molar-refractivity contribution is 0.451. The van der Waals surface area contributed by atoms with Crippen LogP contribution in [0.25, 0.3) is 0 Å². The summed E-state index contributed by atoms with van der Waals surface area (Å²) in [7, 11) is -1.46. The van der Waals surface area contributed by atoms with Crippen LogP contribution in [0.4, 0.5) is 0 Å². The molecule has 2 rings (SSSR count). The number of nitrogens with zero attached hydrogens (tertiary/aromatic N) is 1. The van der Waals surface area contributed by atoms with E-state index >= 15 is 0 Å². The van der Waals surface area contributed by atoms with Gasteiger partial charge in [0.05, 0.1) is 4.90 Å². The molecule has 0 spiro atoms. The molecule has 106 valence electrons. The Balaban J connectivity index is 2.23. The molecule has 1 aromatic rings. The molecule has 0 bridgehead atoms. The highest BCUT2D eigenvalue weighted by Crippen LogP contribution is 2.26. The highest BCUT2D eigenvalue weighted by molar-refractivity contribution is 9.10. The fraction of sp³-hybridized carbons (Fsp3) is 0.538. The maximum absolute atomic E-state index is 12.6. The second kappa shape index (κ2) is 5.91. The molecule has 1 heterocycles. The Kier molecular flexibility index (Phi) is 4.66. The molecule has 1 aromatic carbocycles. The zero-order chi connectivity index (χ0) is 14.0. The van der Waals surface area contributed by atoms with Crippen molar-refractivity contribution in [2.24, 2.45) is 5.92 Å². The summed E-state index contributed by atoms with van der Waals surface area (Å²) in [5.41, 5.74) is 0.943. The van der Waals surface area contributed by atoms with Crippen LogP contribution in [-0.4, -0.2) is 39.4 Å². The number of nitrogens with one attached hydrogen (secondary N) is 1. The molecule has 1 atom stereocenters. The zero-order valence-electron chi connectivity index (χ0n) is 11.2. The number of rotatable bonds is 4. The molecule has 1 aliphatic heterocycles. The fourth-order valence-electron chi connectivity index (χ4n) is 2.47. The first-order chi connectivity index (χ1) is 8.93. The van der Waals surface area contributed by atoms with Gasteiger partial charge in [0.2, 0.25) is 10.0 Å². The topological polar surface area (TPSA) is 49.4 Å². The Morgan fingerprint density at radius 3 is 2.79 bits per heavy atom. The summed E-state index contributed by atoms with van der Waals surface area (Å²) in [6.45, 7) is 3.98. The summed E-state index contributed by atoms with van der Waals surface area (Å²) >= 11 is 3.36. The fourth-order valence-corrected chi connectivity index (χ4v) is 4.89. The van der Waals surface area contributed by atoms with E-state index in [1.807, 2.05) is 20.0 Å². The van der Waals surface area contributed by atoms with Crippen molar-refractivity contribution in [3.63, 3.8) is 0 Å². The largest absolute Gasteiger partial charge is 0.319 e. The number of hydrogen-bond donors (Lipinski definition) is 1. The third kappa shape index (κ3) is 3.37. The Labute approximate surface area is 123 Å². The molecule has 0 aromatic heterocycles. The van der Waals surface area contributed by atoms with Gasteiger partial charge >= 0.3 is 0 Å². The van der Waals surface area contributed by atoms with Gasteiger partial charge in [0.15, 0.2) is 0 Å². The molecule has 6 heteroatoms. The molecule has 0 amide bonds. The Morgan fingerprint density at radius 1 is 1.42 bits per heavy atom. The third-order valence-electron chi connectivity index (χ3n) is 3.39. The Morgan fingerprint density at radius 2 is 2.16 bits per heavy atom. The average Bonchev–Trinajstić information content (AvgIpc) is 2.77. The van der Waals surface area contributed by atoms with Crippen LogP contribution in [0.15, 0.2) is 27.6 Å². The van der Waals surface area contributed by atoms with Gasteiger partial charge in [-0.05, 0) is 56.6 Å². The van der Waals surface area contributed by atoms with Gasteiger partial charge in [-0.3, -0.25) is 0 Å². The van der Waals surface area contributed by atoms with Gasteiger partial charge in [-0.2, -0.15) is 4.31 Å². The highest BCUT2D eigenvalue weighted by atomic mass is 79.9. The molecule has 1 saturated heterocycles. The van der Waals surface area contributed by atoms with Crippen LogP contribution in [0.5, 0.6) is 0 Å². The second-order valence-electron chi connectivity index (χ2n) is 5.04. The maximum atomic E-state index is 12.6. The van der Waals surface area contributed by atoms with Crippen molar-refractivity contribution in [2.45, 2.75) is 18.2 Å². The van der Waals surface area contributed by atoms with Gasteiger partial charge in [0, 0.05) is 17.6 Å². The van der Waals surface area contributed by atoms with Gasteiger partial charge in [0.25, 0.3) is 0 Å². The summed E-state index contributed by atoms with van der Waals surface area (Å²) in [5, 5.41) is 3.11. The Bertz CT molecular complexity index is 540. The van der Waals surface area contributed by atoms with E-state index in [4.69, 9.17) is 0 Å². The van der Waals surface area contributed by atoms with Crippen molar-refractivity contribution >= 4 is 26.0 Å². The Hall–Kier alpha value is -0.430. The molecule has 0 saturated carbocycles. The van der Waals surface area contributed by atoms with E-state index in [9.17, 15) is 8.42 Å². The standard InChI is InChI=1S/C13H19BrN2O2S/c1-10-5-12(14)7-13(6-10)19(17,18)16-4-3-11(9-16)8-15-2/h5-7,11,15H,3-4,8-9H2,1-2H3. The van der Waals surface area contributed by atoms with Crippen LogP contribution in [0, 0.1) is 12.8 Å². The summed E-state index contributed by atoms with van der Waals surface area (Å²) < 4.78 is 27.5. The minimum Gasteiger partial charge on any atom is -0.319 e. The van der Waals surface area contributed by atoms with Crippen molar-refractivity contribution in [3.8, 4) is 0 Å². The van der Waals surface area contributed by atoms with E-state index in [1.165, 1.54) is 0 Å². The second-order valence-corrected chi connectivity index (χ2v) is 7.89. The van der Waals surface area contributed by atoms with Crippen molar-refractivity contribution in [1.29, 1.82) is 0 Å². The van der Waals surface area contributed by atoms with Crippen LogP contribution >= 0.6 is 15.9 Å². The third-order valence-corrected chi connectivity index (χ3v) is 5.70. The van der Waals surface area contributed by atoms with Gasteiger partial charge < -0.3 is 5.32 Å². The van der Waals surface area contributed by atoms with Crippen LogP contribution in [0.2, 0.25) is 0 Å². The van der Waals surface area contributed by atoms with E-state index in [0.29, 0.717) is 23.9 Å². The molecular weight excluding hydrogens is 328 g/mol. The molecule has 1 N–H and O–H groups in total. The quantitative estimate of drug-likeness (QED) is 0.906. The lowest BCUT2D eigenvalue weighted by Gasteiger charge is -2.17. The van der Waals surface area contributed by atoms with E-state index in [0.717, 1.165) is 23.0 Å². The lowest BCUT2D eigenvalue weighted by Crippen LogP contribution is -2.30. The van der Waals surface area contributed by atoms with E-state index < -0.39 is 10.0 Å². The van der Waals surface area contributed by atoms with Crippen LogP contribution in [0.1, 0.15) is 12.0 Å². The SMILES string of the molecule is CNCC1CCN(S(=O)(=O)c2cc(C)cc(Br)c2)C1. The first-order valence-corrected chi connectivity index (χ1v) is 8.58. The summed E-state index contributed by atoms with van der Waals surface area (Å²) in [4.78, 5) is 0.379. The molecule has 1 fully saturated rings. The zero-order valence-corrected chi connectivity index (χ0v) is 13.6. The van der Waals surface area contributed by atoms with E-state index in [1.54, 1.807) is 16.4 Å². The van der Waals surface area contributed by atoms with Gasteiger partial charge in [-0.25, -0.2) is 8.42 Å². The van der Waals surface area contributed by atoms with Crippen molar-refractivity contribution in [1.82, 2.24) is 9.62 Å². The van der Waals surface area contributed by atoms with Crippen LogP contribution in [0.3, 0.4) is 0 Å². The maximum Gasteiger partial charge on any atom is 0.243 e. The lowest BCUT2D eigenvalue weighted by atomic mass is 10.1. The molecular formula is C13H19BrN2O2S. The molecule has 4 nitrogen and oxygen atoms in total. The average molecular weight is 347 g/mol. The van der Waals surface area contributed by atoms with Crippen molar-refractivity contribution in [2.75, 3.05) is 26.7 Å².